The Morgan fingerprint density at radius 1 is 1.07 bits per heavy atom. The van der Waals surface area contributed by atoms with Crippen LogP contribution in [0.3, 0.4) is 0 Å². The topological polar surface area (TPSA) is 81.8 Å². The number of para-hydroxylation sites is 1. The van der Waals surface area contributed by atoms with Crippen molar-refractivity contribution in [2.45, 2.75) is 0 Å². The average Bonchev–Trinajstić information content (AvgIpc) is 2.62. The standard InChI is InChI=1S/C20H20N4O3/c1-13(21-14-8-7-11-16(12-14)23(2)3)17-18(25)22-20(27)24(19(17)26)15-9-5-4-6-10-15/h4-12,17,21H,1H2,2-3H3,(H,22,25,27)/t17-/m1/s1. The molecule has 4 amide bonds. The van der Waals surface area contributed by atoms with E-state index in [0.717, 1.165) is 10.6 Å². The fourth-order valence-corrected chi connectivity index (χ4v) is 2.82. The summed E-state index contributed by atoms with van der Waals surface area (Å²) in [6.07, 6.45) is 0. The van der Waals surface area contributed by atoms with E-state index in [1.165, 1.54) is 0 Å². The van der Waals surface area contributed by atoms with Gasteiger partial charge >= 0.3 is 6.03 Å². The van der Waals surface area contributed by atoms with Gasteiger partial charge in [-0.3, -0.25) is 14.9 Å². The largest absolute Gasteiger partial charge is 0.378 e. The van der Waals surface area contributed by atoms with E-state index < -0.39 is 23.8 Å². The lowest BCUT2D eigenvalue weighted by atomic mass is 10.0. The Kier molecular flexibility index (Phi) is 4.94. The number of nitrogens with one attached hydrogen (secondary N) is 2. The van der Waals surface area contributed by atoms with Crippen LogP contribution in [0, 0.1) is 5.92 Å². The SMILES string of the molecule is C=C(Nc1cccc(N(C)C)c1)[C@@H]1C(=O)NC(=O)N(c2ccccc2)C1=O. The van der Waals surface area contributed by atoms with Crippen molar-refractivity contribution in [2.24, 2.45) is 5.92 Å². The second-order valence-corrected chi connectivity index (χ2v) is 6.33. The van der Waals surface area contributed by atoms with Gasteiger partial charge in [0.1, 0.15) is 0 Å². The fourth-order valence-electron chi connectivity index (χ4n) is 2.82. The Bertz CT molecular complexity index is 908. The summed E-state index contributed by atoms with van der Waals surface area (Å²) in [5.74, 6) is -2.56. The maximum Gasteiger partial charge on any atom is 0.335 e. The minimum Gasteiger partial charge on any atom is -0.378 e. The molecule has 0 radical (unpaired) electrons. The van der Waals surface area contributed by atoms with Crippen LogP contribution in [0.5, 0.6) is 0 Å². The van der Waals surface area contributed by atoms with Gasteiger partial charge in [-0.15, -0.1) is 0 Å². The molecule has 1 fully saturated rings. The van der Waals surface area contributed by atoms with E-state index in [1.807, 2.05) is 43.3 Å². The molecule has 0 aliphatic carbocycles. The zero-order valence-corrected chi connectivity index (χ0v) is 15.1. The maximum atomic E-state index is 12.9. The summed E-state index contributed by atoms with van der Waals surface area (Å²) in [7, 11) is 3.82. The second-order valence-electron chi connectivity index (χ2n) is 6.33. The maximum absolute atomic E-state index is 12.9. The van der Waals surface area contributed by atoms with E-state index in [2.05, 4.69) is 17.2 Å². The molecule has 0 unspecified atom stereocenters. The van der Waals surface area contributed by atoms with Crippen LogP contribution in [0.4, 0.5) is 21.9 Å². The highest BCUT2D eigenvalue weighted by Crippen LogP contribution is 2.26. The first-order valence-corrected chi connectivity index (χ1v) is 8.35. The van der Waals surface area contributed by atoms with E-state index in [1.54, 1.807) is 30.3 Å². The number of hydrogen-bond acceptors (Lipinski definition) is 5. The number of carbonyl (C=O) groups excluding carboxylic acids is 3. The summed E-state index contributed by atoms with van der Waals surface area (Å²) in [6.45, 7) is 3.86. The highest BCUT2D eigenvalue weighted by atomic mass is 16.2. The van der Waals surface area contributed by atoms with E-state index in [9.17, 15) is 14.4 Å². The zero-order valence-electron chi connectivity index (χ0n) is 15.1. The lowest BCUT2D eigenvalue weighted by Gasteiger charge is -2.31. The molecule has 0 bridgehead atoms. The molecule has 2 N–H and O–H groups in total. The molecule has 0 saturated carbocycles. The number of barbiturate groups is 1. The molecular weight excluding hydrogens is 344 g/mol. The number of benzene rings is 2. The van der Waals surface area contributed by atoms with Gasteiger partial charge in [-0.2, -0.15) is 0 Å². The van der Waals surface area contributed by atoms with E-state index in [-0.39, 0.29) is 5.70 Å². The van der Waals surface area contributed by atoms with Gasteiger partial charge in [0.2, 0.25) is 5.91 Å². The van der Waals surface area contributed by atoms with Crippen molar-refractivity contribution in [3.05, 3.63) is 66.9 Å². The summed E-state index contributed by atoms with van der Waals surface area (Å²) >= 11 is 0. The Hall–Kier alpha value is -3.61. The molecule has 1 saturated heterocycles. The van der Waals surface area contributed by atoms with Crippen molar-refractivity contribution >= 4 is 34.9 Å². The third-order valence-corrected chi connectivity index (χ3v) is 4.19. The highest BCUT2D eigenvalue weighted by Gasteiger charge is 2.42. The number of rotatable bonds is 5. The molecule has 7 heteroatoms. The van der Waals surface area contributed by atoms with Crippen LogP contribution in [0.2, 0.25) is 0 Å². The van der Waals surface area contributed by atoms with Crippen LogP contribution in [-0.4, -0.2) is 31.9 Å². The number of nitrogens with zero attached hydrogens (tertiary/aromatic N) is 2. The molecule has 27 heavy (non-hydrogen) atoms. The minimum absolute atomic E-state index is 0.196. The van der Waals surface area contributed by atoms with Gasteiger partial charge in [-0.05, 0) is 30.3 Å². The smallest absolute Gasteiger partial charge is 0.335 e. The Morgan fingerprint density at radius 3 is 2.44 bits per heavy atom. The lowest BCUT2D eigenvalue weighted by molar-refractivity contribution is -0.132. The van der Waals surface area contributed by atoms with Gasteiger partial charge in [0.25, 0.3) is 5.91 Å². The normalized spacial score (nSPS) is 16.7. The summed E-state index contributed by atoms with van der Waals surface area (Å²) in [5.41, 5.74) is 2.23. The Labute approximate surface area is 157 Å². The predicted octanol–water partition coefficient (Wildman–Crippen LogP) is 2.58. The van der Waals surface area contributed by atoms with Crippen LogP contribution >= 0.6 is 0 Å². The van der Waals surface area contributed by atoms with Gasteiger partial charge in [0.15, 0.2) is 5.92 Å². The van der Waals surface area contributed by atoms with Crippen molar-refractivity contribution in [1.82, 2.24) is 5.32 Å². The second kappa shape index (κ2) is 7.33. The highest BCUT2D eigenvalue weighted by molar-refractivity contribution is 6.28. The molecule has 2 aromatic carbocycles. The molecule has 3 rings (SSSR count). The minimum atomic E-state index is -1.22. The molecular formula is C20H20N4O3. The van der Waals surface area contributed by atoms with E-state index >= 15 is 0 Å². The number of anilines is 3. The van der Waals surface area contributed by atoms with Crippen LogP contribution in [0.15, 0.2) is 66.9 Å². The van der Waals surface area contributed by atoms with Crippen molar-refractivity contribution in [3.63, 3.8) is 0 Å². The average molecular weight is 364 g/mol. The van der Waals surface area contributed by atoms with Gasteiger partial charge in [-0.1, -0.05) is 30.8 Å². The molecule has 1 aliphatic heterocycles. The van der Waals surface area contributed by atoms with E-state index in [4.69, 9.17) is 0 Å². The molecule has 2 aromatic rings. The Morgan fingerprint density at radius 2 is 1.78 bits per heavy atom. The lowest BCUT2D eigenvalue weighted by Crippen LogP contribution is -2.59. The van der Waals surface area contributed by atoms with Crippen LogP contribution < -0.4 is 20.4 Å². The zero-order chi connectivity index (χ0) is 19.6. The van der Waals surface area contributed by atoms with Crippen molar-refractivity contribution in [2.75, 3.05) is 29.2 Å². The van der Waals surface area contributed by atoms with Gasteiger partial charge in [0.05, 0.1) is 5.69 Å². The number of urea groups is 1. The molecule has 0 spiro atoms. The molecule has 1 aliphatic rings. The number of amides is 4. The number of imide groups is 2. The first kappa shape index (κ1) is 18.2. The van der Waals surface area contributed by atoms with Crippen molar-refractivity contribution in [3.8, 4) is 0 Å². The molecule has 138 valence electrons. The molecule has 1 heterocycles. The molecule has 1 atom stereocenters. The quantitative estimate of drug-likeness (QED) is 0.797. The third-order valence-electron chi connectivity index (χ3n) is 4.19. The summed E-state index contributed by atoms with van der Waals surface area (Å²) in [6, 6.07) is 15.1. The van der Waals surface area contributed by atoms with E-state index in [0.29, 0.717) is 11.4 Å². The summed E-state index contributed by atoms with van der Waals surface area (Å²) < 4.78 is 0. The summed E-state index contributed by atoms with van der Waals surface area (Å²) in [5, 5.41) is 5.24. The first-order chi connectivity index (χ1) is 12.9. The van der Waals surface area contributed by atoms with Gasteiger partial charge in [-0.25, -0.2) is 9.69 Å². The Balaban J connectivity index is 1.85. The van der Waals surface area contributed by atoms with Crippen LogP contribution in [0.25, 0.3) is 0 Å². The van der Waals surface area contributed by atoms with Gasteiger partial charge in [0, 0.05) is 31.2 Å². The summed E-state index contributed by atoms with van der Waals surface area (Å²) in [4.78, 5) is 40.3. The fraction of sp³-hybridized carbons (Fsp3) is 0.150. The van der Waals surface area contributed by atoms with Crippen molar-refractivity contribution in [1.29, 1.82) is 0 Å². The molecule has 7 nitrogen and oxygen atoms in total. The number of hydrogen-bond donors (Lipinski definition) is 2. The molecule has 0 aromatic heterocycles. The van der Waals surface area contributed by atoms with Crippen molar-refractivity contribution < 1.29 is 14.4 Å². The number of carbonyl (C=O) groups is 3. The van der Waals surface area contributed by atoms with Gasteiger partial charge < -0.3 is 10.2 Å². The van der Waals surface area contributed by atoms with Crippen LogP contribution in [-0.2, 0) is 9.59 Å². The predicted molar refractivity (Wildman–Crippen MR) is 104 cm³/mol. The monoisotopic (exact) mass is 364 g/mol. The van der Waals surface area contributed by atoms with Crippen LogP contribution in [0.1, 0.15) is 0 Å². The third kappa shape index (κ3) is 3.67. The first-order valence-electron chi connectivity index (χ1n) is 8.35.